The van der Waals surface area contributed by atoms with Crippen LogP contribution in [0.25, 0.3) is 0 Å². The Morgan fingerprint density at radius 3 is 2.71 bits per heavy atom. The minimum Gasteiger partial charge on any atom is -0.340 e. The van der Waals surface area contributed by atoms with Gasteiger partial charge in [0.15, 0.2) is 0 Å². The van der Waals surface area contributed by atoms with Crippen molar-refractivity contribution >= 4 is 38.6 Å². The summed E-state index contributed by atoms with van der Waals surface area (Å²) in [5.74, 6) is 0.319. The Bertz CT molecular complexity index is 952. The highest BCUT2D eigenvalue weighted by Crippen LogP contribution is 2.34. The molecule has 1 N–H and O–H groups in total. The van der Waals surface area contributed by atoms with Crippen molar-refractivity contribution in [3.63, 3.8) is 0 Å². The van der Waals surface area contributed by atoms with Crippen molar-refractivity contribution in [2.45, 2.75) is 10.6 Å². The van der Waals surface area contributed by atoms with E-state index in [2.05, 4.69) is 26.7 Å². The number of rotatable bonds is 4. The van der Waals surface area contributed by atoms with E-state index < -0.39 is 10.0 Å². The van der Waals surface area contributed by atoms with Crippen LogP contribution in [-0.2, 0) is 16.4 Å². The first kappa shape index (κ1) is 15.2. The van der Waals surface area contributed by atoms with E-state index in [1.54, 1.807) is 29.8 Å². The highest BCUT2D eigenvalue weighted by atomic mass is 32.2. The Labute approximate surface area is 144 Å². The van der Waals surface area contributed by atoms with E-state index >= 15 is 0 Å². The fraction of sp³-hybridized carbons (Fsp3) is 0.118. The van der Waals surface area contributed by atoms with Gasteiger partial charge in [-0.25, -0.2) is 13.4 Å². The molecule has 0 bridgehead atoms. The van der Waals surface area contributed by atoms with Crippen molar-refractivity contribution in [3.05, 3.63) is 65.7 Å². The molecule has 0 fully saturated rings. The minimum atomic E-state index is -3.56. The lowest BCUT2D eigenvalue weighted by molar-refractivity contribution is 0.603. The first-order chi connectivity index (χ1) is 11.6. The van der Waals surface area contributed by atoms with E-state index in [-0.39, 0.29) is 4.21 Å². The predicted molar refractivity (Wildman–Crippen MR) is 96.5 cm³/mol. The van der Waals surface area contributed by atoms with E-state index in [1.807, 2.05) is 18.2 Å². The monoisotopic (exact) mass is 357 g/mol. The molecule has 3 heterocycles. The number of aromatic nitrogens is 1. The summed E-state index contributed by atoms with van der Waals surface area (Å²) in [5.41, 5.74) is 3.46. The third-order valence-electron chi connectivity index (χ3n) is 3.95. The molecule has 0 radical (unpaired) electrons. The summed E-state index contributed by atoms with van der Waals surface area (Å²) in [6, 6.07) is 15.2. The Morgan fingerprint density at radius 1 is 1.08 bits per heavy atom. The minimum absolute atomic E-state index is 0.279. The van der Waals surface area contributed by atoms with Crippen LogP contribution in [0.3, 0.4) is 0 Å². The van der Waals surface area contributed by atoms with Gasteiger partial charge in [-0.1, -0.05) is 24.3 Å². The molecular formula is C17H15N3O2S2. The smallest absolute Gasteiger partial charge is 0.272 e. The van der Waals surface area contributed by atoms with Gasteiger partial charge < -0.3 is 4.90 Å². The van der Waals surface area contributed by atoms with Crippen molar-refractivity contribution in [2.24, 2.45) is 0 Å². The number of para-hydroxylation sites is 1. The average Bonchev–Trinajstić information content (AvgIpc) is 3.26. The lowest BCUT2D eigenvalue weighted by Crippen LogP contribution is -2.15. The summed E-state index contributed by atoms with van der Waals surface area (Å²) in [6.45, 7) is 0.904. The zero-order valence-electron chi connectivity index (χ0n) is 12.7. The van der Waals surface area contributed by atoms with Gasteiger partial charge in [0.25, 0.3) is 10.0 Å². The molecule has 3 aromatic rings. The summed E-state index contributed by atoms with van der Waals surface area (Å²) >= 11 is 1.18. The van der Waals surface area contributed by atoms with Crippen LogP contribution in [0, 0.1) is 0 Å². The van der Waals surface area contributed by atoms with Crippen LogP contribution in [0.15, 0.2) is 64.3 Å². The molecule has 1 aliphatic rings. The molecule has 7 heteroatoms. The van der Waals surface area contributed by atoms with Crippen molar-refractivity contribution < 1.29 is 8.42 Å². The Hall–Kier alpha value is -2.38. The van der Waals surface area contributed by atoms with Gasteiger partial charge in [0.1, 0.15) is 10.0 Å². The van der Waals surface area contributed by atoms with Crippen LogP contribution >= 0.6 is 11.3 Å². The number of benzene rings is 1. The number of thiophene rings is 1. The van der Waals surface area contributed by atoms with Crippen molar-refractivity contribution in [1.82, 2.24) is 4.98 Å². The van der Waals surface area contributed by atoms with Crippen LogP contribution in [0.1, 0.15) is 5.56 Å². The molecule has 0 saturated carbocycles. The highest BCUT2D eigenvalue weighted by Gasteiger charge is 2.20. The number of anilines is 3. The Balaban J connectivity index is 1.56. The zero-order valence-corrected chi connectivity index (χ0v) is 14.3. The summed E-state index contributed by atoms with van der Waals surface area (Å²) in [7, 11) is -3.56. The summed E-state index contributed by atoms with van der Waals surface area (Å²) in [5, 5.41) is 1.73. The van der Waals surface area contributed by atoms with Gasteiger partial charge in [-0.3, -0.25) is 4.72 Å². The molecule has 0 atom stereocenters. The summed E-state index contributed by atoms with van der Waals surface area (Å²) < 4.78 is 27.2. The van der Waals surface area contributed by atoms with Gasteiger partial charge >= 0.3 is 0 Å². The van der Waals surface area contributed by atoms with Gasteiger partial charge in [-0.2, -0.15) is 0 Å². The zero-order chi connectivity index (χ0) is 16.6. The maximum Gasteiger partial charge on any atom is 0.272 e. The summed E-state index contributed by atoms with van der Waals surface area (Å²) in [4.78, 5) is 6.46. The molecule has 0 unspecified atom stereocenters. The number of nitrogens with zero attached hydrogens (tertiary/aromatic N) is 2. The van der Waals surface area contributed by atoms with Crippen LogP contribution in [0.2, 0.25) is 0 Å². The maximum atomic E-state index is 12.2. The van der Waals surface area contributed by atoms with Crippen molar-refractivity contribution in [3.8, 4) is 0 Å². The Kier molecular flexibility index (Phi) is 3.74. The third kappa shape index (κ3) is 2.76. The SMILES string of the molecule is O=S(=O)(Nc1ccc(N2CCc3ccccc32)cn1)c1cccs1. The number of hydrogen-bond acceptors (Lipinski definition) is 5. The molecule has 0 aliphatic carbocycles. The van der Waals surface area contributed by atoms with Gasteiger partial charge in [0.2, 0.25) is 0 Å². The molecule has 24 heavy (non-hydrogen) atoms. The second kappa shape index (κ2) is 5.92. The molecule has 0 saturated heterocycles. The largest absolute Gasteiger partial charge is 0.340 e. The molecule has 0 spiro atoms. The fourth-order valence-electron chi connectivity index (χ4n) is 2.82. The number of fused-ring (bicyclic) bond motifs is 1. The van der Waals surface area contributed by atoms with Gasteiger partial charge in [0, 0.05) is 12.2 Å². The third-order valence-corrected chi connectivity index (χ3v) is 6.70. The van der Waals surface area contributed by atoms with Crippen LogP contribution in [0.5, 0.6) is 0 Å². The molecule has 0 amide bonds. The van der Waals surface area contributed by atoms with Gasteiger partial charge in [0.05, 0.1) is 11.9 Å². The molecule has 1 aliphatic heterocycles. The Morgan fingerprint density at radius 2 is 1.96 bits per heavy atom. The van der Waals surface area contributed by atoms with E-state index in [1.165, 1.54) is 22.6 Å². The molecule has 4 rings (SSSR count). The van der Waals surface area contributed by atoms with Crippen LogP contribution in [0.4, 0.5) is 17.2 Å². The van der Waals surface area contributed by atoms with Gasteiger partial charge in [-0.05, 0) is 41.6 Å². The number of sulfonamides is 1. The number of hydrogen-bond donors (Lipinski definition) is 1. The summed E-state index contributed by atoms with van der Waals surface area (Å²) in [6.07, 6.45) is 2.71. The topological polar surface area (TPSA) is 62.3 Å². The first-order valence-electron chi connectivity index (χ1n) is 7.51. The second-order valence-electron chi connectivity index (χ2n) is 5.47. The van der Waals surface area contributed by atoms with Crippen LogP contribution in [-0.4, -0.2) is 19.9 Å². The number of pyridine rings is 1. The van der Waals surface area contributed by atoms with Crippen LogP contribution < -0.4 is 9.62 Å². The predicted octanol–water partition coefficient (Wildman–Crippen LogP) is 3.64. The lowest BCUT2D eigenvalue weighted by Gasteiger charge is -2.19. The fourth-order valence-corrected chi connectivity index (χ4v) is 4.82. The molecular weight excluding hydrogens is 342 g/mol. The maximum absolute atomic E-state index is 12.2. The lowest BCUT2D eigenvalue weighted by atomic mass is 10.2. The molecule has 2 aromatic heterocycles. The highest BCUT2D eigenvalue weighted by molar-refractivity contribution is 7.94. The number of nitrogens with one attached hydrogen (secondary N) is 1. The van der Waals surface area contributed by atoms with E-state index in [0.29, 0.717) is 5.82 Å². The van der Waals surface area contributed by atoms with E-state index in [9.17, 15) is 8.42 Å². The average molecular weight is 357 g/mol. The van der Waals surface area contributed by atoms with Gasteiger partial charge in [-0.15, -0.1) is 11.3 Å². The molecule has 5 nitrogen and oxygen atoms in total. The molecule has 122 valence electrons. The second-order valence-corrected chi connectivity index (χ2v) is 8.33. The van der Waals surface area contributed by atoms with E-state index in [4.69, 9.17) is 0 Å². The normalized spacial score (nSPS) is 13.8. The van der Waals surface area contributed by atoms with Crippen molar-refractivity contribution in [2.75, 3.05) is 16.2 Å². The van der Waals surface area contributed by atoms with E-state index in [0.717, 1.165) is 18.7 Å². The first-order valence-corrected chi connectivity index (χ1v) is 9.88. The quantitative estimate of drug-likeness (QED) is 0.774. The molecule has 1 aromatic carbocycles. The van der Waals surface area contributed by atoms with Crippen molar-refractivity contribution in [1.29, 1.82) is 0 Å². The standard InChI is InChI=1S/C17H15N3O2S2/c21-24(22,17-6-3-11-23-17)19-16-8-7-14(12-18-16)20-10-9-13-4-1-2-5-15(13)20/h1-8,11-12H,9-10H2,(H,18,19).